The summed E-state index contributed by atoms with van der Waals surface area (Å²) in [5, 5.41) is 9.20. The fourth-order valence-electron chi connectivity index (χ4n) is 1.16. The molecule has 1 aromatic carbocycles. The van der Waals surface area contributed by atoms with Crippen LogP contribution >= 0.6 is 0 Å². The summed E-state index contributed by atoms with van der Waals surface area (Å²) in [6, 6.07) is 5.15. The van der Waals surface area contributed by atoms with Crippen molar-refractivity contribution >= 4 is 15.8 Å². The molecule has 1 aromatic rings. The molecular weight excluding hydrogens is 248 g/mol. The Balaban J connectivity index is 3.21. The first kappa shape index (κ1) is 13.6. The highest BCUT2D eigenvalue weighted by Crippen LogP contribution is 2.17. The number of carbonyl (C=O) groups is 1. The normalized spacial score (nSPS) is 13.1. The van der Waals surface area contributed by atoms with Gasteiger partial charge in [-0.15, -0.1) is 0 Å². The molecule has 6 nitrogen and oxygen atoms in total. The lowest BCUT2D eigenvalue weighted by Crippen LogP contribution is -2.23. The Morgan fingerprint density at radius 1 is 1.35 bits per heavy atom. The molecule has 0 aliphatic rings. The maximum Gasteiger partial charge on any atom is 0.337 e. The SMILES string of the molecule is COC(=O)c1cccc(S(=O)(=O)C(O)OC)c1. The van der Waals surface area contributed by atoms with Crippen molar-refractivity contribution in [3.63, 3.8) is 0 Å². The molecule has 0 bridgehead atoms. The molecule has 1 unspecified atom stereocenters. The van der Waals surface area contributed by atoms with Crippen molar-refractivity contribution in [2.75, 3.05) is 14.2 Å². The van der Waals surface area contributed by atoms with Gasteiger partial charge >= 0.3 is 5.97 Å². The van der Waals surface area contributed by atoms with Gasteiger partial charge in [-0.1, -0.05) is 6.07 Å². The highest BCUT2D eigenvalue weighted by atomic mass is 32.2. The van der Waals surface area contributed by atoms with E-state index in [9.17, 15) is 18.3 Å². The molecule has 0 heterocycles. The molecule has 0 spiro atoms. The highest BCUT2D eigenvalue weighted by molar-refractivity contribution is 7.91. The number of carbonyl (C=O) groups excluding carboxylic acids is 1. The summed E-state index contributed by atoms with van der Waals surface area (Å²) < 4.78 is 32.2. The number of methoxy groups -OCH3 is 2. The van der Waals surface area contributed by atoms with Crippen LogP contribution in [0, 0.1) is 0 Å². The minimum atomic E-state index is -4.03. The first-order chi connectivity index (χ1) is 7.93. The van der Waals surface area contributed by atoms with Crippen LogP contribution in [0.3, 0.4) is 0 Å². The minimum Gasteiger partial charge on any atom is -0.465 e. The third kappa shape index (κ3) is 2.82. The molecular formula is C10H12O6S. The summed E-state index contributed by atoms with van der Waals surface area (Å²) >= 11 is 0. The summed E-state index contributed by atoms with van der Waals surface area (Å²) in [6.07, 6.45) is 0. The third-order valence-corrected chi connectivity index (χ3v) is 3.69. The van der Waals surface area contributed by atoms with Crippen LogP contribution in [0.2, 0.25) is 0 Å². The van der Waals surface area contributed by atoms with Crippen LogP contribution in [0.25, 0.3) is 0 Å². The van der Waals surface area contributed by atoms with E-state index >= 15 is 0 Å². The predicted molar refractivity (Wildman–Crippen MR) is 58.0 cm³/mol. The number of aliphatic hydroxyl groups is 1. The molecule has 7 heteroatoms. The maximum atomic E-state index is 11.7. The standard InChI is InChI=1S/C10H12O6S/c1-15-9(11)7-4-3-5-8(6-7)17(13,14)10(12)16-2/h3-6,10,12H,1-2H3. The monoisotopic (exact) mass is 260 g/mol. The van der Waals surface area contributed by atoms with Crippen molar-refractivity contribution in [2.45, 2.75) is 10.5 Å². The van der Waals surface area contributed by atoms with Gasteiger partial charge in [0.25, 0.3) is 5.62 Å². The van der Waals surface area contributed by atoms with Crippen LogP contribution in [0.5, 0.6) is 0 Å². The van der Waals surface area contributed by atoms with Gasteiger partial charge < -0.3 is 14.6 Å². The predicted octanol–water partition coefficient (Wildman–Crippen LogP) is 0.169. The van der Waals surface area contributed by atoms with E-state index in [2.05, 4.69) is 9.47 Å². The van der Waals surface area contributed by atoms with Gasteiger partial charge in [-0.25, -0.2) is 13.2 Å². The van der Waals surface area contributed by atoms with E-state index in [1.54, 1.807) is 0 Å². The van der Waals surface area contributed by atoms with Crippen LogP contribution < -0.4 is 0 Å². The summed E-state index contributed by atoms with van der Waals surface area (Å²) in [7, 11) is -1.78. The van der Waals surface area contributed by atoms with Crippen molar-refractivity contribution in [1.82, 2.24) is 0 Å². The lowest BCUT2D eigenvalue weighted by Gasteiger charge is -2.10. The average Bonchev–Trinajstić information content (AvgIpc) is 2.36. The van der Waals surface area contributed by atoms with Gasteiger partial charge in [-0.05, 0) is 18.2 Å². The summed E-state index contributed by atoms with van der Waals surface area (Å²) in [4.78, 5) is 11.0. The van der Waals surface area contributed by atoms with E-state index in [-0.39, 0.29) is 10.5 Å². The number of sulfone groups is 1. The van der Waals surface area contributed by atoms with Crippen LogP contribution in [0.4, 0.5) is 0 Å². The number of ether oxygens (including phenoxy) is 2. The largest absolute Gasteiger partial charge is 0.465 e. The van der Waals surface area contributed by atoms with E-state index in [0.29, 0.717) is 0 Å². The summed E-state index contributed by atoms with van der Waals surface area (Å²) in [6.45, 7) is 0. The molecule has 1 N–H and O–H groups in total. The molecule has 0 fully saturated rings. The number of aliphatic hydroxyl groups excluding tert-OH is 1. The number of hydrogen-bond donors (Lipinski definition) is 1. The van der Waals surface area contributed by atoms with Crippen molar-refractivity contribution in [3.05, 3.63) is 29.8 Å². The molecule has 0 aromatic heterocycles. The first-order valence-corrected chi connectivity index (χ1v) is 6.11. The van der Waals surface area contributed by atoms with E-state index < -0.39 is 21.4 Å². The summed E-state index contributed by atoms with van der Waals surface area (Å²) in [5.41, 5.74) is -1.88. The fourth-order valence-corrected chi connectivity index (χ4v) is 2.21. The molecule has 0 aliphatic heterocycles. The van der Waals surface area contributed by atoms with Gasteiger partial charge in [0.2, 0.25) is 9.84 Å². The zero-order valence-electron chi connectivity index (χ0n) is 9.28. The maximum absolute atomic E-state index is 11.7. The molecule has 0 saturated carbocycles. The molecule has 0 saturated heterocycles. The van der Waals surface area contributed by atoms with Gasteiger partial charge in [0.05, 0.1) is 17.6 Å². The number of benzene rings is 1. The van der Waals surface area contributed by atoms with Crippen LogP contribution in [0.1, 0.15) is 10.4 Å². The van der Waals surface area contributed by atoms with Crippen molar-refractivity contribution < 1.29 is 27.8 Å². The Morgan fingerprint density at radius 3 is 2.53 bits per heavy atom. The third-order valence-electron chi connectivity index (χ3n) is 2.05. The molecule has 1 atom stereocenters. The van der Waals surface area contributed by atoms with E-state index in [0.717, 1.165) is 13.2 Å². The Labute approximate surface area is 98.7 Å². The lowest BCUT2D eigenvalue weighted by atomic mass is 10.2. The molecule has 0 aliphatic carbocycles. The molecule has 0 amide bonds. The van der Waals surface area contributed by atoms with Crippen molar-refractivity contribution in [2.24, 2.45) is 0 Å². The molecule has 94 valence electrons. The second kappa shape index (κ2) is 5.26. The van der Waals surface area contributed by atoms with Gasteiger partial charge in [-0.2, -0.15) is 0 Å². The van der Waals surface area contributed by atoms with E-state index in [4.69, 9.17) is 0 Å². The Hall–Kier alpha value is -1.44. The van der Waals surface area contributed by atoms with E-state index in [1.165, 1.54) is 25.3 Å². The van der Waals surface area contributed by atoms with Gasteiger partial charge in [0, 0.05) is 7.11 Å². The first-order valence-electron chi connectivity index (χ1n) is 4.56. The van der Waals surface area contributed by atoms with Gasteiger partial charge in [0.1, 0.15) is 0 Å². The topological polar surface area (TPSA) is 89.9 Å². The number of rotatable bonds is 4. The Morgan fingerprint density at radius 2 is 2.00 bits per heavy atom. The second-order valence-electron chi connectivity index (χ2n) is 3.11. The Kier molecular flexibility index (Phi) is 4.22. The highest BCUT2D eigenvalue weighted by Gasteiger charge is 2.25. The van der Waals surface area contributed by atoms with Crippen LogP contribution in [-0.4, -0.2) is 39.3 Å². The van der Waals surface area contributed by atoms with Gasteiger partial charge in [0.15, 0.2) is 0 Å². The average molecular weight is 260 g/mol. The fraction of sp³-hybridized carbons (Fsp3) is 0.300. The smallest absolute Gasteiger partial charge is 0.337 e. The number of hydrogen-bond acceptors (Lipinski definition) is 6. The second-order valence-corrected chi connectivity index (χ2v) is 5.07. The Bertz CT molecular complexity index is 507. The quantitative estimate of drug-likeness (QED) is 0.613. The zero-order valence-corrected chi connectivity index (χ0v) is 10.1. The lowest BCUT2D eigenvalue weighted by molar-refractivity contribution is -0.00914. The van der Waals surface area contributed by atoms with Crippen molar-refractivity contribution in [3.8, 4) is 0 Å². The molecule has 0 radical (unpaired) electrons. The number of esters is 1. The van der Waals surface area contributed by atoms with E-state index in [1.807, 2.05) is 0 Å². The molecule has 1 rings (SSSR count). The van der Waals surface area contributed by atoms with Crippen LogP contribution in [0.15, 0.2) is 29.2 Å². The van der Waals surface area contributed by atoms with Crippen LogP contribution in [-0.2, 0) is 19.3 Å². The van der Waals surface area contributed by atoms with Crippen molar-refractivity contribution in [1.29, 1.82) is 0 Å². The summed E-state index contributed by atoms with van der Waals surface area (Å²) in [5.74, 6) is -0.658. The van der Waals surface area contributed by atoms with Gasteiger partial charge in [-0.3, -0.25) is 0 Å². The minimum absolute atomic E-state index is 0.0804. The molecule has 17 heavy (non-hydrogen) atoms. The zero-order chi connectivity index (χ0) is 13.1.